The van der Waals surface area contributed by atoms with E-state index in [-0.39, 0.29) is 24.7 Å². The number of carbonyl (C=O) groups excluding carboxylic acids is 1. The van der Waals surface area contributed by atoms with Gasteiger partial charge in [-0.25, -0.2) is 0 Å². The fourth-order valence-corrected chi connectivity index (χ4v) is 3.96. The summed E-state index contributed by atoms with van der Waals surface area (Å²) in [6.07, 6.45) is 5.73. The number of nitrogens with zero attached hydrogens (tertiary/aromatic N) is 2. The van der Waals surface area contributed by atoms with E-state index in [9.17, 15) is 9.90 Å². The maximum absolute atomic E-state index is 12.9. The van der Waals surface area contributed by atoms with Crippen molar-refractivity contribution in [1.82, 2.24) is 9.80 Å². The van der Waals surface area contributed by atoms with Gasteiger partial charge in [0.1, 0.15) is 0 Å². The molecule has 6 heteroatoms. The van der Waals surface area contributed by atoms with Crippen LogP contribution in [0.5, 0.6) is 0 Å². The fraction of sp³-hybridized carbons (Fsp3) is 0.842. The lowest BCUT2D eigenvalue weighted by atomic mass is 9.82. The van der Waals surface area contributed by atoms with E-state index in [2.05, 4.69) is 18.0 Å². The summed E-state index contributed by atoms with van der Waals surface area (Å²) in [6.45, 7) is 6.00. The lowest BCUT2D eigenvalue weighted by Gasteiger charge is -2.39. The molecule has 0 aromatic carbocycles. The topological polar surface area (TPSA) is 62.2 Å². The Kier molecular flexibility index (Phi) is 6.36. The minimum absolute atomic E-state index is 0.00376. The van der Waals surface area contributed by atoms with E-state index in [1.165, 1.54) is 12.8 Å². The molecule has 2 aliphatic heterocycles. The average molecular weight is 352 g/mol. The van der Waals surface area contributed by atoms with Gasteiger partial charge in [0, 0.05) is 45.3 Å². The van der Waals surface area contributed by atoms with E-state index in [1.807, 2.05) is 11.8 Å². The maximum atomic E-state index is 12.9. The third-order valence-corrected chi connectivity index (χ3v) is 5.63. The van der Waals surface area contributed by atoms with Crippen molar-refractivity contribution in [2.24, 2.45) is 17.8 Å². The summed E-state index contributed by atoms with van der Waals surface area (Å²) < 4.78 is 11.9. The highest BCUT2D eigenvalue weighted by Gasteiger charge is 2.44. The Morgan fingerprint density at radius 3 is 2.64 bits per heavy atom. The Balaban J connectivity index is 1.75. The van der Waals surface area contributed by atoms with Crippen LogP contribution in [-0.4, -0.2) is 73.5 Å². The molecule has 1 amide bonds. The van der Waals surface area contributed by atoms with Crippen LogP contribution in [0.4, 0.5) is 0 Å². The van der Waals surface area contributed by atoms with E-state index in [4.69, 9.17) is 9.47 Å². The zero-order valence-electron chi connectivity index (χ0n) is 15.5. The van der Waals surface area contributed by atoms with Crippen molar-refractivity contribution < 1.29 is 19.4 Å². The highest BCUT2D eigenvalue weighted by molar-refractivity contribution is 5.91. The predicted octanol–water partition coefficient (Wildman–Crippen LogP) is 1.45. The van der Waals surface area contributed by atoms with E-state index in [1.54, 1.807) is 0 Å². The second-order valence-electron chi connectivity index (χ2n) is 7.51. The van der Waals surface area contributed by atoms with Gasteiger partial charge >= 0.3 is 0 Å². The van der Waals surface area contributed by atoms with Gasteiger partial charge in [-0.15, -0.1) is 0 Å². The number of hydrogen-bond donors (Lipinski definition) is 1. The van der Waals surface area contributed by atoms with Crippen LogP contribution in [0.3, 0.4) is 0 Å². The number of aliphatic hydroxyl groups is 1. The second-order valence-corrected chi connectivity index (χ2v) is 7.51. The summed E-state index contributed by atoms with van der Waals surface area (Å²) in [5.41, 5.74) is 0. The van der Waals surface area contributed by atoms with Crippen LogP contribution in [0.25, 0.3) is 0 Å². The second kappa shape index (κ2) is 8.52. The van der Waals surface area contributed by atoms with Gasteiger partial charge in [-0.1, -0.05) is 0 Å². The van der Waals surface area contributed by atoms with Crippen molar-refractivity contribution in [2.75, 3.05) is 46.4 Å². The number of allylic oxidation sites excluding steroid dienone is 1. The molecular weight excluding hydrogens is 320 g/mol. The maximum Gasteiger partial charge on any atom is 0.288 e. The van der Waals surface area contributed by atoms with Gasteiger partial charge in [0.25, 0.3) is 5.91 Å². The molecule has 3 aliphatic rings. The molecule has 0 unspecified atom stereocenters. The summed E-state index contributed by atoms with van der Waals surface area (Å²) in [7, 11) is 2.08. The lowest BCUT2D eigenvalue weighted by molar-refractivity contribution is -0.177. The summed E-state index contributed by atoms with van der Waals surface area (Å²) in [5.74, 6) is 1.65. The van der Waals surface area contributed by atoms with Crippen LogP contribution >= 0.6 is 0 Å². The number of ether oxygens (including phenoxy) is 2. The molecule has 6 nitrogen and oxygen atoms in total. The Labute approximate surface area is 150 Å². The van der Waals surface area contributed by atoms with Crippen LogP contribution < -0.4 is 0 Å². The average Bonchev–Trinajstić information content (AvgIpc) is 3.45. The highest BCUT2D eigenvalue weighted by atomic mass is 16.7. The van der Waals surface area contributed by atoms with Crippen molar-refractivity contribution in [1.29, 1.82) is 0 Å². The van der Waals surface area contributed by atoms with Crippen molar-refractivity contribution in [3.05, 3.63) is 11.8 Å². The molecule has 3 atom stereocenters. The monoisotopic (exact) mass is 352 g/mol. The number of carbonyl (C=O) groups is 1. The number of aliphatic hydroxyl groups excluding tert-OH is 1. The Morgan fingerprint density at radius 1 is 1.32 bits per heavy atom. The van der Waals surface area contributed by atoms with E-state index in [0.717, 1.165) is 39.0 Å². The predicted molar refractivity (Wildman–Crippen MR) is 94.7 cm³/mol. The van der Waals surface area contributed by atoms with E-state index in [0.29, 0.717) is 24.2 Å². The molecule has 0 spiro atoms. The quantitative estimate of drug-likeness (QED) is 0.751. The molecule has 2 heterocycles. The molecule has 1 aliphatic carbocycles. The Morgan fingerprint density at radius 2 is 2.04 bits per heavy atom. The molecule has 0 bridgehead atoms. The molecule has 3 rings (SSSR count). The fourth-order valence-electron chi connectivity index (χ4n) is 3.96. The molecule has 0 aromatic rings. The highest BCUT2D eigenvalue weighted by Crippen LogP contribution is 2.47. The van der Waals surface area contributed by atoms with E-state index < -0.39 is 0 Å². The number of rotatable bonds is 7. The molecular formula is C19H32N2O4. The molecule has 0 radical (unpaired) electrons. The van der Waals surface area contributed by atoms with Crippen LogP contribution in [0, 0.1) is 17.8 Å². The zero-order valence-corrected chi connectivity index (χ0v) is 15.5. The minimum Gasteiger partial charge on any atom is -0.459 e. The van der Waals surface area contributed by atoms with Crippen LogP contribution in [0.15, 0.2) is 11.8 Å². The Bertz CT molecular complexity index is 484. The SMILES string of the molecule is CCO[C@@H]1OC(C(=O)N2CCN(C)CC2)=C[C@H](C2CC2)[C@@H]1CCCO. The van der Waals surface area contributed by atoms with Gasteiger partial charge in [0.15, 0.2) is 5.76 Å². The number of amides is 1. The van der Waals surface area contributed by atoms with Gasteiger partial charge < -0.3 is 24.4 Å². The standard InChI is InChI=1S/C19H32N2O4/c1-3-24-19-15(5-4-12-22)16(14-6-7-14)13-17(25-19)18(23)21-10-8-20(2)9-11-21/h13-16,19,22H,3-12H2,1-2H3/t15-,16+,19+/m0/s1. The Hall–Kier alpha value is -1.11. The molecule has 25 heavy (non-hydrogen) atoms. The molecule has 142 valence electrons. The van der Waals surface area contributed by atoms with Gasteiger partial charge in [-0.3, -0.25) is 4.79 Å². The van der Waals surface area contributed by atoms with Gasteiger partial charge in [0.05, 0.1) is 0 Å². The molecule has 2 fully saturated rings. The molecule has 0 aromatic heterocycles. The van der Waals surface area contributed by atoms with Crippen LogP contribution in [-0.2, 0) is 14.3 Å². The van der Waals surface area contributed by atoms with Crippen molar-refractivity contribution in [3.8, 4) is 0 Å². The summed E-state index contributed by atoms with van der Waals surface area (Å²) in [5, 5.41) is 9.22. The normalized spacial score (nSPS) is 30.8. The minimum atomic E-state index is -0.376. The summed E-state index contributed by atoms with van der Waals surface area (Å²) in [4.78, 5) is 17.1. The largest absolute Gasteiger partial charge is 0.459 e. The number of piperazine rings is 1. The summed E-state index contributed by atoms with van der Waals surface area (Å²) >= 11 is 0. The van der Waals surface area contributed by atoms with Crippen LogP contribution in [0.2, 0.25) is 0 Å². The van der Waals surface area contributed by atoms with Crippen molar-refractivity contribution in [2.45, 2.75) is 38.9 Å². The third-order valence-electron chi connectivity index (χ3n) is 5.63. The molecule has 1 saturated carbocycles. The van der Waals surface area contributed by atoms with Gasteiger partial charge in [0.2, 0.25) is 6.29 Å². The van der Waals surface area contributed by atoms with Gasteiger partial charge in [-0.05, 0) is 57.6 Å². The van der Waals surface area contributed by atoms with Gasteiger partial charge in [-0.2, -0.15) is 0 Å². The van der Waals surface area contributed by atoms with E-state index >= 15 is 0 Å². The molecule has 1 saturated heterocycles. The number of likely N-dealkylation sites (N-methyl/N-ethyl adjacent to an activating group) is 1. The first kappa shape index (κ1) is 18.7. The summed E-state index contributed by atoms with van der Waals surface area (Å²) in [6, 6.07) is 0. The first-order valence-corrected chi connectivity index (χ1v) is 9.72. The third kappa shape index (κ3) is 4.54. The lowest BCUT2D eigenvalue weighted by Crippen LogP contribution is -2.49. The first-order valence-electron chi connectivity index (χ1n) is 9.72. The zero-order chi connectivity index (χ0) is 17.8. The smallest absolute Gasteiger partial charge is 0.288 e. The number of hydrogen-bond acceptors (Lipinski definition) is 5. The first-order chi connectivity index (χ1) is 12.1. The van der Waals surface area contributed by atoms with Crippen molar-refractivity contribution in [3.63, 3.8) is 0 Å². The molecule has 1 N–H and O–H groups in total. The van der Waals surface area contributed by atoms with Crippen molar-refractivity contribution >= 4 is 5.91 Å². The van der Waals surface area contributed by atoms with Crippen LogP contribution in [0.1, 0.15) is 32.6 Å².